The fraction of sp³-hybridized carbons (Fsp3) is 0.286. The van der Waals surface area contributed by atoms with E-state index in [9.17, 15) is 8.78 Å². The SMILES string of the molecule is CCNC(Cc1ccsc1)c1cc(F)cc(F)c1. The van der Waals surface area contributed by atoms with E-state index < -0.39 is 11.6 Å². The van der Waals surface area contributed by atoms with Crippen molar-refractivity contribution in [3.63, 3.8) is 0 Å². The molecule has 1 heterocycles. The Kier molecular flexibility index (Phi) is 4.44. The van der Waals surface area contributed by atoms with Crippen LogP contribution in [0, 0.1) is 11.6 Å². The number of rotatable bonds is 5. The van der Waals surface area contributed by atoms with Crippen LogP contribution in [-0.2, 0) is 6.42 Å². The minimum absolute atomic E-state index is 0.0604. The number of benzene rings is 1. The molecule has 96 valence electrons. The molecular formula is C14H15F2NS. The monoisotopic (exact) mass is 267 g/mol. The third-order valence-electron chi connectivity index (χ3n) is 2.76. The van der Waals surface area contributed by atoms with Gasteiger partial charge in [0.2, 0.25) is 0 Å². The average Bonchev–Trinajstić information content (AvgIpc) is 2.80. The van der Waals surface area contributed by atoms with Gasteiger partial charge in [0, 0.05) is 12.1 Å². The van der Waals surface area contributed by atoms with Crippen molar-refractivity contribution < 1.29 is 8.78 Å². The number of thiophene rings is 1. The lowest BCUT2D eigenvalue weighted by molar-refractivity contribution is 0.529. The molecule has 0 fully saturated rings. The Morgan fingerprint density at radius 3 is 2.50 bits per heavy atom. The zero-order valence-corrected chi connectivity index (χ0v) is 10.9. The highest BCUT2D eigenvalue weighted by atomic mass is 32.1. The molecule has 2 aromatic rings. The highest BCUT2D eigenvalue weighted by molar-refractivity contribution is 7.07. The molecule has 0 saturated carbocycles. The summed E-state index contributed by atoms with van der Waals surface area (Å²) in [5, 5.41) is 7.32. The second kappa shape index (κ2) is 6.07. The van der Waals surface area contributed by atoms with Crippen molar-refractivity contribution in [3.8, 4) is 0 Å². The van der Waals surface area contributed by atoms with Crippen molar-refractivity contribution in [2.45, 2.75) is 19.4 Å². The van der Waals surface area contributed by atoms with Crippen LogP contribution in [0.1, 0.15) is 24.1 Å². The molecule has 2 rings (SSSR count). The second-order valence-electron chi connectivity index (χ2n) is 4.15. The fourth-order valence-electron chi connectivity index (χ4n) is 1.98. The predicted octanol–water partition coefficient (Wildman–Crippen LogP) is 3.92. The summed E-state index contributed by atoms with van der Waals surface area (Å²) in [6.07, 6.45) is 0.736. The third-order valence-corrected chi connectivity index (χ3v) is 3.49. The Balaban J connectivity index is 2.23. The van der Waals surface area contributed by atoms with Crippen LogP contribution < -0.4 is 5.32 Å². The summed E-state index contributed by atoms with van der Waals surface area (Å²) in [5.74, 6) is -1.06. The Hall–Kier alpha value is -1.26. The number of hydrogen-bond acceptors (Lipinski definition) is 2. The van der Waals surface area contributed by atoms with Crippen LogP contribution in [-0.4, -0.2) is 6.54 Å². The van der Waals surface area contributed by atoms with Crippen LogP contribution >= 0.6 is 11.3 Å². The maximum atomic E-state index is 13.2. The largest absolute Gasteiger partial charge is 0.310 e. The molecule has 0 radical (unpaired) electrons. The Labute approximate surface area is 109 Å². The van der Waals surface area contributed by atoms with Gasteiger partial charge in [0.05, 0.1) is 0 Å². The lowest BCUT2D eigenvalue weighted by atomic mass is 10.00. The van der Waals surface area contributed by atoms with Crippen molar-refractivity contribution in [3.05, 3.63) is 57.8 Å². The van der Waals surface area contributed by atoms with Gasteiger partial charge in [-0.2, -0.15) is 11.3 Å². The van der Waals surface area contributed by atoms with Crippen molar-refractivity contribution in [1.82, 2.24) is 5.32 Å². The van der Waals surface area contributed by atoms with Crippen LogP contribution in [0.2, 0.25) is 0 Å². The topological polar surface area (TPSA) is 12.0 Å². The van der Waals surface area contributed by atoms with E-state index in [1.165, 1.54) is 17.7 Å². The van der Waals surface area contributed by atoms with Crippen LogP contribution in [0.3, 0.4) is 0 Å². The highest BCUT2D eigenvalue weighted by Crippen LogP contribution is 2.21. The quantitative estimate of drug-likeness (QED) is 0.865. The Morgan fingerprint density at radius 1 is 1.22 bits per heavy atom. The van der Waals surface area contributed by atoms with Gasteiger partial charge in [-0.05, 0) is 53.1 Å². The summed E-state index contributed by atoms with van der Waals surface area (Å²) in [6.45, 7) is 2.74. The molecule has 1 N–H and O–H groups in total. The molecule has 4 heteroatoms. The first-order valence-corrected chi connectivity index (χ1v) is 6.83. The summed E-state index contributed by atoms with van der Waals surface area (Å²) >= 11 is 1.63. The summed E-state index contributed by atoms with van der Waals surface area (Å²) in [6, 6.07) is 5.66. The van der Waals surface area contributed by atoms with E-state index in [4.69, 9.17) is 0 Å². The third kappa shape index (κ3) is 3.37. The minimum Gasteiger partial charge on any atom is -0.310 e. The summed E-state index contributed by atoms with van der Waals surface area (Å²) in [4.78, 5) is 0. The first-order chi connectivity index (χ1) is 8.69. The number of likely N-dealkylation sites (N-methyl/N-ethyl adjacent to an activating group) is 1. The molecule has 0 aliphatic heterocycles. The predicted molar refractivity (Wildman–Crippen MR) is 70.8 cm³/mol. The standard InChI is InChI=1S/C14H15F2NS/c1-2-17-14(5-10-3-4-18-9-10)11-6-12(15)8-13(16)7-11/h3-4,6-9,14,17H,2,5H2,1H3. The molecule has 0 aliphatic carbocycles. The van der Waals surface area contributed by atoms with E-state index in [0.717, 1.165) is 19.0 Å². The van der Waals surface area contributed by atoms with Crippen LogP contribution in [0.4, 0.5) is 8.78 Å². The zero-order valence-electron chi connectivity index (χ0n) is 10.1. The molecule has 0 aliphatic rings. The number of nitrogens with one attached hydrogen (secondary N) is 1. The Morgan fingerprint density at radius 2 is 1.94 bits per heavy atom. The van der Waals surface area contributed by atoms with Gasteiger partial charge < -0.3 is 5.32 Å². The van der Waals surface area contributed by atoms with Gasteiger partial charge in [-0.1, -0.05) is 6.92 Å². The molecule has 1 atom stereocenters. The van der Waals surface area contributed by atoms with Gasteiger partial charge in [0.1, 0.15) is 11.6 Å². The number of hydrogen-bond donors (Lipinski definition) is 1. The first-order valence-electron chi connectivity index (χ1n) is 5.89. The zero-order chi connectivity index (χ0) is 13.0. The minimum atomic E-state index is -0.529. The lowest BCUT2D eigenvalue weighted by Gasteiger charge is -2.18. The molecule has 0 amide bonds. The molecule has 18 heavy (non-hydrogen) atoms. The van der Waals surface area contributed by atoms with E-state index in [1.807, 2.05) is 18.4 Å². The summed E-state index contributed by atoms with van der Waals surface area (Å²) in [5.41, 5.74) is 1.83. The van der Waals surface area contributed by atoms with E-state index in [0.29, 0.717) is 5.56 Å². The molecule has 0 bridgehead atoms. The lowest BCUT2D eigenvalue weighted by Crippen LogP contribution is -2.23. The Bertz CT molecular complexity index is 476. The maximum Gasteiger partial charge on any atom is 0.126 e. The highest BCUT2D eigenvalue weighted by Gasteiger charge is 2.13. The first kappa shape index (κ1) is 13.2. The van der Waals surface area contributed by atoms with Gasteiger partial charge in [-0.15, -0.1) is 0 Å². The normalized spacial score (nSPS) is 12.6. The maximum absolute atomic E-state index is 13.2. The van der Waals surface area contributed by atoms with E-state index in [2.05, 4.69) is 10.7 Å². The molecule has 0 saturated heterocycles. The average molecular weight is 267 g/mol. The molecule has 1 aromatic heterocycles. The molecule has 1 nitrogen and oxygen atoms in total. The van der Waals surface area contributed by atoms with E-state index in [1.54, 1.807) is 11.3 Å². The fourth-order valence-corrected chi connectivity index (χ4v) is 2.66. The van der Waals surface area contributed by atoms with Gasteiger partial charge >= 0.3 is 0 Å². The molecular weight excluding hydrogens is 252 g/mol. The summed E-state index contributed by atoms with van der Waals surface area (Å²) in [7, 11) is 0. The summed E-state index contributed by atoms with van der Waals surface area (Å²) < 4.78 is 26.5. The van der Waals surface area contributed by atoms with Crippen molar-refractivity contribution in [2.24, 2.45) is 0 Å². The van der Waals surface area contributed by atoms with Crippen LogP contribution in [0.25, 0.3) is 0 Å². The van der Waals surface area contributed by atoms with Crippen molar-refractivity contribution >= 4 is 11.3 Å². The van der Waals surface area contributed by atoms with Gasteiger partial charge in [0.15, 0.2) is 0 Å². The van der Waals surface area contributed by atoms with Gasteiger partial charge in [0.25, 0.3) is 0 Å². The van der Waals surface area contributed by atoms with Gasteiger partial charge in [-0.3, -0.25) is 0 Å². The van der Waals surface area contributed by atoms with Gasteiger partial charge in [-0.25, -0.2) is 8.78 Å². The second-order valence-corrected chi connectivity index (χ2v) is 4.93. The van der Waals surface area contributed by atoms with Crippen molar-refractivity contribution in [1.29, 1.82) is 0 Å². The van der Waals surface area contributed by atoms with E-state index in [-0.39, 0.29) is 6.04 Å². The molecule has 1 aromatic carbocycles. The smallest absolute Gasteiger partial charge is 0.126 e. The molecule has 0 spiro atoms. The molecule has 1 unspecified atom stereocenters. The van der Waals surface area contributed by atoms with Crippen LogP contribution in [0.5, 0.6) is 0 Å². The number of halogens is 2. The van der Waals surface area contributed by atoms with E-state index >= 15 is 0 Å². The van der Waals surface area contributed by atoms with Crippen LogP contribution in [0.15, 0.2) is 35.0 Å². The van der Waals surface area contributed by atoms with Crippen molar-refractivity contribution in [2.75, 3.05) is 6.54 Å².